The van der Waals surface area contributed by atoms with Gasteiger partial charge in [0.25, 0.3) is 0 Å². The molecule has 0 atom stereocenters. The maximum Gasteiger partial charge on any atom is 3.00 e. The number of fused-ring (bicyclic) bond motifs is 8. The van der Waals surface area contributed by atoms with E-state index in [0.717, 1.165) is 122 Å². The molecule has 21 aromatic rings. The first-order chi connectivity index (χ1) is 56.1. The molecule has 9 aromatic heterocycles. The van der Waals surface area contributed by atoms with E-state index in [1.807, 2.05) is 182 Å². The second-order valence-electron chi connectivity index (χ2n) is 28.0. The SMILES string of the molecule is O=c1c2ccccc2nc2cc(-c3ccccc3-c3cc(-c4ccccc4-c4c[c-]n5c(=O)c6ccccc6nc5c4)cc(-c4cccc(-c5cc(-c6ccccc6-c6c[c-]n7c(=O)c8ccccc8nc7c6)cc(-c6ccccc6-c6c[c-]n7c(=O)c8ccccc8nc7c6)c5)c4-c4c[c-]c(-c5ncccn5)[c-]c4)c3)c[c-]n12.[Ir+3].[Ir+3]. The number of pyridine rings is 4. The van der Waals surface area contributed by atoms with Crippen molar-refractivity contribution >= 4 is 66.2 Å². The maximum absolute atomic E-state index is 14.0. The van der Waals surface area contributed by atoms with Crippen molar-refractivity contribution < 1.29 is 40.2 Å². The normalized spacial score (nSPS) is 11.4. The molecule has 9 heterocycles. The molecule has 12 aromatic carbocycles. The zero-order valence-electron chi connectivity index (χ0n) is 60.9. The smallest absolute Gasteiger partial charge is 0.389 e. The fraction of sp³-hybridized carbons (Fsp3) is 0. The molecule has 0 bridgehead atoms. The van der Waals surface area contributed by atoms with Crippen LogP contribution in [0.5, 0.6) is 0 Å². The summed E-state index contributed by atoms with van der Waals surface area (Å²) in [6.45, 7) is 0. The van der Waals surface area contributed by atoms with Crippen LogP contribution in [0.2, 0.25) is 0 Å². The van der Waals surface area contributed by atoms with Crippen LogP contribution in [0.4, 0.5) is 0 Å². The molecule has 14 nitrogen and oxygen atoms in total. The fourth-order valence-corrected chi connectivity index (χ4v) is 15.9. The number of rotatable bonds is 12. The third-order valence-corrected chi connectivity index (χ3v) is 21.3. The van der Waals surface area contributed by atoms with E-state index < -0.39 is 0 Å². The van der Waals surface area contributed by atoms with Gasteiger partial charge in [-0.05, 0) is 139 Å². The summed E-state index contributed by atoms with van der Waals surface area (Å²) in [5, 5.41) is 2.00. The van der Waals surface area contributed by atoms with E-state index in [4.69, 9.17) is 19.9 Å². The van der Waals surface area contributed by atoms with Gasteiger partial charge in [-0.2, -0.15) is 5.56 Å². The Kier molecular flexibility index (Phi) is 18.3. The maximum atomic E-state index is 14.0. The molecule has 116 heavy (non-hydrogen) atoms. The van der Waals surface area contributed by atoms with Crippen molar-refractivity contribution in [2.75, 3.05) is 0 Å². The second kappa shape index (κ2) is 29.5. The standard InChI is InChI=1S/C100H54N10O4.2Ir/c111-97-83-27-9-13-33-87(83)103-91-57-63(41-47-107(91)97)73-19-1-5-23-77(73)67-51-68(78-24-6-2-20-74(78)64-42-48-108-92(58-64)104-88-34-14-10-28-84(88)98(108)112)54-71(53-67)81-31-17-32-82(95(81)61-37-39-62(40-38-61)96-101-45-18-46-102-96)72-55-69(79-25-7-3-21-75(79)65-43-49-109-93(59-65)105-89-35-15-11-29-85(89)99(109)113)52-70(56-72)80-26-8-4-22-76(80)66-44-50-110-94(60-66)106-90-36-16-12-30-86(90)100(110)114;;/h1-38,41-46,51-60H;;/q-6;2*+3. The van der Waals surface area contributed by atoms with Crippen molar-refractivity contribution in [2.24, 2.45) is 0 Å². The molecule has 21 rings (SSSR count). The Bertz CT molecular complexity index is 7070. The Morgan fingerprint density at radius 3 is 0.759 bits per heavy atom. The number of nitrogens with zero attached hydrogens (tertiary/aromatic N) is 10. The van der Waals surface area contributed by atoms with Crippen LogP contribution < -0.4 is 22.2 Å². The van der Waals surface area contributed by atoms with Crippen molar-refractivity contribution in [1.29, 1.82) is 0 Å². The van der Waals surface area contributed by atoms with Crippen LogP contribution in [0.1, 0.15) is 0 Å². The molecule has 0 spiro atoms. The van der Waals surface area contributed by atoms with Crippen LogP contribution in [-0.2, 0) is 40.2 Å². The number of hydrogen-bond donors (Lipinski definition) is 0. The number of benzene rings is 12. The number of hydrogen-bond acceptors (Lipinski definition) is 10. The predicted octanol–water partition coefficient (Wildman–Crippen LogP) is 19.9. The van der Waals surface area contributed by atoms with Crippen molar-refractivity contribution in [2.45, 2.75) is 0 Å². The third-order valence-electron chi connectivity index (χ3n) is 21.3. The zero-order chi connectivity index (χ0) is 76.1. The minimum Gasteiger partial charge on any atom is -0.389 e. The van der Waals surface area contributed by atoms with Gasteiger partial charge in [0.1, 0.15) is 0 Å². The first-order valence-electron chi connectivity index (χ1n) is 37.0. The average molecular weight is 1840 g/mol. The van der Waals surface area contributed by atoms with Crippen molar-refractivity contribution in [3.05, 3.63) is 406 Å². The summed E-state index contributed by atoms with van der Waals surface area (Å²) in [5.74, 6) is 0.475. The van der Waals surface area contributed by atoms with Crippen LogP contribution in [0.15, 0.2) is 347 Å². The number of aromatic nitrogens is 10. The Balaban J connectivity index is 0.00000449. The van der Waals surface area contributed by atoms with Gasteiger partial charge in [-0.3, -0.25) is 32.1 Å². The first-order valence-corrected chi connectivity index (χ1v) is 37.0. The summed E-state index contributed by atoms with van der Waals surface area (Å²) in [6, 6.07) is 110. The molecular weight excluding hydrogens is 1790 g/mol. The Labute approximate surface area is 688 Å². The molecule has 0 fully saturated rings. The third kappa shape index (κ3) is 12.5. The van der Waals surface area contributed by atoms with E-state index in [1.165, 1.54) is 17.6 Å². The van der Waals surface area contributed by atoms with Gasteiger partial charge >= 0.3 is 40.2 Å². The molecule has 0 saturated carbocycles. The molecule has 16 heteroatoms. The second-order valence-corrected chi connectivity index (χ2v) is 28.0. The minimum absolute atomic E-state index is 0. The van der Waals surface area contributed by atoms with Gasteiger partial charge in [-0.25, -0.2) is 17.7 Å². The summed E-state index contributed by atoms with van der Waals surface area (Å²) in [4.78, 5) is 85.4. The molecule has 0 unspecified atom stereocenters. The van der Waals surface area contributed by atoms with Crippen LogP contribution >= 0.6 is 0 Å². The minimum atomic E-state index is -0.210. The van der Waals surface area contributed by atoms with Gasteiger partial charge in [0, 0.05) is 56.5 Å². The Morgan fingerprint density at radius 2 is 0.474 bits per heavy atom. The Hall–Kier alpha value is -14.5. The van der Waals surface area contributed by atoms with Crippen LogP contribution in [0.3, 0.4) is 0 Å². The topological polar surface area (TPSA) is 163 Å². The summed E-state index contributed by atoms with van der Waals surface area (Å²) in [5.41, 5.74) is 22.9. The molecule has 546 valence electrons. The predicted molar refractivity (Wildman–Crippen MR) is 450 cm³/mol. The van der Waals surface area contributed by atoms with Gasteiger partial charge < -0.3 is 46.7 Å². The van der Waals surface area contributed by atoms with Gasteiger partial charge in [-0.15, -0.1) is 24.3 Å². The number of para-hydroxylation sites is 4. The van der Waals surface area contributed by atoms with Crippen LogP contribution in [0.25, 0.3) is 200 Å². The monoisotopic (exact) mass is 1840 g/mol. The molecular formula is C100H54Ir2N10O4. The van der Waals surface area contributed by atoms with Crippen molar-refractivity contribution in [3.8, 4) is 134 Å². The van der Waals surface area contributed by atoms with E-state index >= 15 is 0 Å². The summed E-state index contributed by atoms with van der Waals surface area (Å²) in [6.07, 6.45) is 16.6. The van der Waals surface area contributed by atoms with Crippen LogP contribution in [0, 0.1) is 36.9 Å². The molecule has 0 radical (unpaired) electrons. The van der Waals surface area contributed by atoms with Gasteiger partial charge in [0.2, 0.25) is 0 Å². The molecule has 0 amide bonds. The quantitative estimate of drug-likeness (QED) is 0.0849. The van der Waals surface area contributed by atoms with E-state index in [2.05, 4.69) is 150 Å². The largest absolute Gasteiger partial charge is 3.00 e. The van der Waals surface area contributed by atoms with Gasteiger partial charge in [0.15, 0.2) is 22.2 Å². The molecule has 0 aliphatic heterocycles. The molecule has 0 N–H and O–H groups in total. The van der Waals surface area contributed by atoms with Crippen molar-refractivity contribution in [3.63, 3.8) is 0 Å². The molecule has 0 aliphatic rings. The summed E-state index contributed by atoms with van der Waals surface area (Å²) >= 11 is 0. The van der Waals surface area contributed by atoms with E-state index in [-0.39, 0.29) is 62.4 Å². The van der Waals surface area contributed by atoms with E-state index in [9.17, 15) is 19.2 Å². The molecule has 0 aliphatic carbocycles. The van der Waals surface area contributed by atoms with Crippen LogP contribution in [-0.4, -0.2) is 47.5 Å². The average Bonchev–Trinajstić information content (AvgIpc) is 0.745. The van der Waals surface area contributed by atoms with Gasteiger partial charge in [-0.1, -0.05) is 287 Å². The fourth-order valence-electron chi connectivity index (χ4n) is 15.9. The van der Waals surface area contributed by atoms with Gasteiger partial charge in [0.05, 0.1) is 22.1 Å². The summed E-state index contributed by atoms with van der Waals surface area (Å²) in [7, 11) is 0. The van der Waals surface area contributed by atoms with E-state index in [1.54, 1.807) is 42.7 Å². The first kappa shape index (κ1) is 71.8. The van der Waals surface area contributed by atoms with Crippen molar-refractivity contribution in [1.82, 2.24) is 47.5 Å². The Morgan fingerprint density at radius 1 is 0.233 bits per heavy atom. The molecule has 0 saturated heterocycles. The van der Waals surface area contributed by atoms with E-state index in [0.29, 0.717) is 77.6 Å². The summed E-state index contributed by atoms with van der Waals surface area (Å²) < 4.78 is 5.90. The zero-order valence-corrected chi connectivity index (χ0v) is 65.7.